The number of carboxylic acids is 1. The van der Waals surface area contributed by atoms with E-state index in [9.17, 15) is 14.7 Å². The number of nitrogens with zero attached hydrogens (tertiary/aromatic N) is 1. The van der Waals surface area contributed by atoms with Crippen LogP contribution in [-0.4, -0.2) is 46.2 Å². The third kappa shape index (κ3) is 1.25. The Kier molecular flexibility index (Phi) is 2.32. The summed E-state index contributed by atoms with van der Waals surface area (Å²) in [5.74, 6) is -2.27. The molecule has 5 atom stereocenters. The van der Waals surface area contributed by atoms with Gasteiger partial charge in [-0.2, -0.15) is 0 Å². The van der Waals surface area contributed by atoms with E-state index in [1.807, 2.05) is 19.9 Å². The number of hydrogen-bond donors (Lipinski definition) is 1. The quantitative estimate of drug-likeness (QED) is 0.748. The van der Waals surface area contributed by atoms with E-state index in [0.29, 0.717) is 6.54 Å². The summed E-state index contributed by atoms with van der Waals surface area (Å²) in [6.07, 6.45) is 4.11. The molecule has 0 aromatic heterocycles. The van der Waals surface area contributed by atoms with Crippen LogP contribution in [-0.2, 0) is 14.3 Å². The maximum absolute atomic E-state index is 12.4. The molecule has 0 aromatic carbocycles. The lowest BCUT2D eigenvalue weighted by Crippen LogP contribution is -2.40. The normalized spacial score (nSPS) is 42.4. The molecule has 3 rings (SSSR count). The maximum Gasteiger partial charge on any atom is 0.310 e. The minimum atomic E-state index is -0.935. The summed E-state index contributed by atoms with van der Waals surface area (Å²) in [5.41, 5.74) is -0.686. The monoisotopic (exact) mass is 251 g/mol. The van der Waals surface area contributed by atoms with Crippen molar-refractivity contribution in [1.29, 1.82) is 0 Å². The van der Waals surface area contributed by atoms with Gasteiger partial charge in [0.1, 0.15) is 11.5 Å². The molecular formula is C13H17NO4. The smallest absolute Gasteiger partial charge is 0.310 e. The van der Waals surface area contributed by atoms with Crippen molar-refractivity contribution in [2.75, 3.05) is 6.54 Å². The summed E-state index contributed by atoms with van der Waals surface area (Å²) in [5, 5.41) is 9.29. The Morgan fingerprint density at radius 1 is 1.72 bits per heavy atom. The van der Waals surface area contributed by atoms with Crippen molar-refractivity contribution >= 4 is 11.9 Å². The van der Waals surface area contributed by atoms with E-state index in [1.165, 1.54) is 0 Å². The SMILES string of the molecule is CC[C@H](C)N1C[C@]23C=C[C@@H](O2)[C@H](C(=O)O)[C@@H]3C1=O. The highest BCUT2D eigenvalue weighted by molar-refractivity contribution is 5.90. The predicted molar refractivity (Wildman–Crippen MR) is 62.8 cm³/mol. The Hall–Kier alpha value is -1.36. The summed E-state index contributed by atoms with van der Waals surface area (Å²) >= 11 is 0. The van der Waals surface area contributed by atoms with E-state index in [1.54, 1.807) is 11.0 Å². The third-order valence-corrected chi connectivity index (χ3v) is 4.54. The van der Waals surface area contributed by atoms with E-state index in [2.05, 4.69) is 0 Å². The molecule has 1 spiro atoms. The molecule has 0 saturated carbocycles. The van der Waals surface area contributed by atoms with E-state index in [4.69, 9.17) is 4.74 Å². The molecule has 0 unspecified atom stereocenters. The fraction of sp³-hybridized carbons (Fsp3) is 0.692. The first-order chi connectivity index (χ1) is 8.50. The van der Waals surface area contributed by atoms with Crippen LogP contribution in [0.15, 0.2) is 12.2 Å². The summed E-state index contributed by atoms with van der Waals surface area (Å²) in [4.78, 5) is 25.5. The maximum atomic E-state index is 12.4. The molecule has 18 heavy (non-hydrogen) atoms. The number of carboxylic acid groups (broad SMARTS) is 1. The van der Waals surface area contributed by atoms with Crippen LogP contribution in [0.5, 0.6) is 0 Å². The molecule has 0 aliphatic carbocycles. The second-order valence-corrected chi connectivity index (χ2v) is 5.46. The number of fused-ring (bicyclic) bond motifs is 1. The summed E-state index contributed by atoms with van der Waals surface area (Å²) in [7, 11) is 0. The molecule has 3 aliphatic heterocycles. The average molecular weight is 251 g/mol. The van der Waals surface area contributed by atoms with Gasteiger partial charge in [0.2, 0.25) is 5.91 Å². The van der Waals surface area contributed by atoms with Crippen molar-refractivity contribution in [2.24, 2.45) is 11.8 Å². The Labute approximate surface area is 105 Å². The zero-order chi connectivity index (χ0) is 13.1. The van der Waals surface area contributed by atoms with Crippen molar-refractivity contribution < 1.29 is 19.4 Å². The number of ether oxygens (including phenoxy) is 1. The Morgan fingerprint density at radius 2 is 2.44 bits per heavy atom. The molecule has 98 valence electrons. The first-order valence-electron chi connectivity index (χ1n) is 6.40. The van der Waals surface area contributed by atoms with Crippen LogP contribution < -0.4 is 0 Å². The van der Waals surface area contributed by atoms with Crippen LogP contribution in [0.2, 0.25) is 0 Å². The molecule has 0 radical (unpaired) electrons. The molecule has 5 heteroatoms. The minimum absolute atomic E-state index is 0.0661. The second-order valence-electron chi connectivity index (χ2n) is 5.46. The molecular weight excluding hydrogens is 234 g/mol. The highest BCUT2D eigenvalue weighted by atomic mass is 16.5. The van der Waals surface area contributed by atoms with Crippen molar-refractivity contribution in [3.8, 4) is 0 Å². The van der Waals surface area contributed by atoms with E-state index < -0.39 is 29.5 Å². The van der Waals surface area contributed by atoms with Gasteiger partial charge in [-0.3, -0.25) is 9.59 Å². The molecule has 2 saturated heterocycles. The van der Waals surface area contributed by atoms with Gasteiger partial charge in [-0.05, 0) is 13.3 Å². The first-order valence-corrected chi connectivity index (χ1v) is 6.40. The van der Waals surface area contributed by atoms with Crippen molar-refractivity contribution in [3.05, 3.63) is 12.2 Å². The van der Waals surface area contributed by atoms with Gasteiger partial charge in [-0.1, -0.05) is 19.1 Å². The first kappa shape index (κ1) is 11.7. The van der Waals surface area contributed by atoms with Gasteiger partial charge in [0.05, 0.1) is 18.6 Å². The third-order valence-electron chi connectivity index (χ3n) is 4.54. The topological polar surface area (TPSA) is 66.8 Å². The predicted octanol–water partition coefficient (Wildman–Crippen LogP) is 0.651. The van der Waals surface area contributed by atoms with Gasteiger partial charge >= 0.3 is 5.97 Å². The fourth-order valence-electron chi connectivity index (χ4n) is 3.40. The molecule has 1 N–H and O–H groups in total. The van der Waals surface area contributed by atoms with E-state index >= 15 is 0 Å². The van der Waals surface area contributed by atoms with Gasteiger partial charge in [-0.15, -0.1) is 0 Å². The highest BCUT2D eigenvalue weighted by Crippen LogP contribution is 2.52. The number of hydrogen-bond acceptors (Lipinski definition) is 3. The fourth-order valence-corrected chi connectivity index (χ4v) is 3.40. The number of likely N-dealkylation sites (tertiary alicyclic amines) is 1. The molecule has 1 amide bonds. The average Bonchev–Trinajstić information content (AvgIpc) is 2.96. The van der Waals surface area contributed by atoms with Crippen molar-refractivity contribution in [2.45, 2.75) is 38.0 Å². The molecule has 3 aliphatic rings. The number of amides is 1. The van der Waals surface area contributed by atoms with Gasteiger partial charge < -0.3 is 14.7 Å². The Balaban J connectivity index is 1.97. The molecule has 2 fully saturated rings. The lowest BCUT2D eigenvalue weighted by Gasteiger charge is -2.26. The number of carbonyl (C=O) groups is 2. The number of aliphatic carboxylic acids is 1. The van der Waals surface area contributed by atoms with Crippen molar-refractivity contribution in [1.82, 2.24) is 4.90 Å². The van der Waals surface area contributed by atoms with E-state index in [-0.39, 0.29) is 11.9 Å². The van der Waals surface area contributed by atoms with Crippen LogP contribution in [0.1, 0.15) is 20.3 Å². The minimum Gasteiger partial charge on any atom is -0.481 e. The lowest BCUT2D eigenvalue weighted by atomic mass is 9.77. The van der Waals surface area contributed by atoms with Gasteiger partial charge in [0.25, 0.3) is 0 Å². The number of carbonyl (C=O) groups excluding carboxylic acids is 1. The van der Waals surface area contributed by atoms with Crippen LogP contribution in [0, 0.1) is 11.8 Å². The Morgan fingerprint density at radius 3 is 3.06 bits per heavy atom. The van der Waals surface area contributed by atoms with Crippen LogP contribution in [0.4, 0.5) is 0 Å². The van der Waals surface area contributed by atoms with Gasteiger partial charge in [-0.25, -0.2) is 0 Å². The van der Waals surface area contributed by atoms with Crippen LogP contribution in [0.3, 0.4) is 0 Å². The van der Waals surface area contributed by atoms with E-state index in [0.717, 1.165) is 6.42 Å². The van der Waals surface area contributed by atoms with Crippen LogP contribution in [0.25, 0.3) is 0 Å². The molecule has 2 bridgehead atoms. The zero-order valence-electron chi connectivity index (χ0n) is 10.5. The van der Waals surface area contributed by atoms with Crippen molar-refractivity contribution in [3.63, 3.8) is 0 Å². The highest BCUT2D eigenvalue weighted by Gasteiger charge is 2.67. The zero-order valence-corrected chi connectivity index (χ0v) is 10.5. The van der Waals surface area contributed by atoms with Gasteiger partial charge in [0.15, 0.2) is 0 Å². The largest absolute Gasteiger partial charge is 0.481 e. The lowest BCUT2D eigenvalue weighted by molar-refractivity contribution is -0.148. The van der Waals surface area contributed by atoms with Crippen LogP contribution >= 0.6 is 0 Å². The molecule has 0 aromatic rings. The van der Waals surface area contributed by atoms with Gasteiger partial charge in [0, 0.05) is 6.04 Å². The number of rotatable bonds is 3. The summed E-state index contributed by atoms with van der Waals surface area (Å²) < 4.78 is 5.80. The standard InChI is InChI=1S/C13H17NO4/c1-3-7(2)14-6-13-5-4-8(18-13)9(12(16)17)10(13)11(14)15/h4-5,7-10H,3,6H2,1-2H3,(H,16,17)/t7-,8+,9-,10+,13-/m0/s1. The second kappa shape index (κ2) is 3.57. The molecule has 3 heterocycles. The Bertz CT molecular complexity index is 446. The summed E-state index contributed by atoms with van der Waals surface area (Å²) in [6.45, 7) is 4.50. The molecule has 5 nitrogen and oxygen atoms in total. The summed E-state index contributed by atoms with van der Waals surface area (Å²) in [6, 6.07) is 0.128.